The molecule has 0 radical (unpaired) electrons. The van der Waals surface area contributed by atoms with Crippen LogP contribution in [0.4, 0.5) is 11.4 Å². The van der Waals surface area contributed by atoms with Crippen LogP contribution in [0.5, 0.6) is 0 Å². The number of furan rings is 1. The van der Waals surface area contributed by atoms with Gasteiger partial charge in [-0.1, -0.05) is 146 Å². The molecule has 11 aromatic rings. The van der Waals surface area contributed by atoms with Crippen LogP contribution in [0.2, 0.25) is 0 Å². The Bertz CT molecular complexity index is 3830. The van der Waals surface area contributed by atoms with Crippen LogP contribution in [0.1, 0.15) is 77.6 Å². The molecule has 0 bridgehead atoms. The van der Waals surface area contributed by atoms with Gasteiger partial charge in [0.25, 0.3) is 0 Å². The Kier molecular flexibility index (Phi) is 7.59. The fourth-order valence-corrected chi connectivity index (χ4v) is 12.3. The zero-order valence-corrected chi connectivity index (χ0v) is 38.6. The molecule has 13 rings (SSSR count). The lowest BCUT2D eigenvalue weighted by Crippen LogP contribution is -2.38. The van der Waals surface area contributed by atoms with Gasteiger partial charge >= 0.3 is 0 Å². The van der Waals surface area contributed by atoms with Crippen molar-refractivity contribution in [3.8, 4) is 27.9 Å². The van der Waals surface area contributed by atoms with Gasteiger partial charge in [-0.05, 0) is 110 Å². The molecule has 0 atom stereocenters. The van der Waals surface area contributed by atoms with Crippen LogP contribution in [0, 0.1) is 0 Å². The van der Waals surface area contributed by atoms with Crippen molar-refractivity contribution in [2.75, 3.05) is 5.32 Å². The maximum absolute atomic E-state index is 6.85. The summed E-state index contributed by atoms with van der Waals surface area (Å²) >= 11 is 1.90. The predicted octanol–water partition coefficient (Wildman–Crippen LogP) is 15.1. The highest BCUT2D eigenvalue weighted by Gasteiger charge is 2.38. The van der Waals surface area contributed by atoms with Crippen molar-refractivity contribution in [2.24, 2.45) is 0 Å². The summed E-state index contributed by atoms with van der Waals surface area (Å²) in [5, 5.41) is 11.5. The maximum atomic E-state index is 6.85. The Hall–Kier alpha value is -6.56. The van der Waals surface area contributed by atoms with Gasteiger partial charge in [0, 0.05) is 75.3 Å². The largest absolute Gasteiger partial charge is 0.456 e. The summed E-state index contributed by atoms with van der Waals surface area (Å²) in [6, 6.07) is 53.1. The van der Waals surface area contributed by atoms with Crippen molar-refractivity contribution in [3.63, 3.8) is 0 Å². The van der Waals surface area contributed by atoms with Crippen LogP contribution in [-0.2, 0) is 16.2 Å². The normalized spacial score (nSPS) is 14.2. The molecule has 0 saturated carbocycles. The lowest BCUT2D eigenvalue weighted by Gasteiger charge is -2.27. The third-order valence-electron chi connectivity index (χ3n) is 14.7. The maximum Gasteiger partial charge on any atom is 0.198 e. The standard InChI is InChI=1S/C59H49BN2OS/c1-57(2,3)32-17-20-34(21-18-32)61-48-26-43-36-22-19-33(58(4,5)6)25-51(36)63-52(43)29-41(48)38-23-24-39-42-30-54-44(37-14-10-12-16-53(37)64-54)28-49(42)62-50-27-40-35-13-9-11-15-45(35)59(7,8)46(40)31-47(50)60-55(38)56(39)62/h9-31,60-61H,1-8H3. The minimum atomic E-state index is -0.102. The summed E-state index contributed by atoms with van der Waals surface area (Å²) < 4.78 is 12.1. The van der Waals surface area contributed by atoms with E-state index in [-0.39, 0.29) is 16.2 Å². The molecule has 310 valence electrons. The van der Waals surface area contributed by atoms with Crippen LogP contribution < -0.4 is 16.2 Å². The molecule has 64 heavy (non-hydrogen) atoms. The molecule has 1 aliphatic carbocycles. The number of hydrogen-bond donors (Lipinski definition) is 1. The summed E-state index contributed by atoms with van der Waals surface area (Å²) in [4.78, 5) is 0. The van der Waals surface area contributed by atoms with Gasteiger partial charge in [-0.25, -0.2) is 0 Å². The number of thiophene rings is 1. The Morgan fingerprint density at radius 1 is 0.547 bits per heavy atom. The average Bonchev–Trinajstić information content (AvgIpc) is 3.98. The van der Waals surface area contributed by atoms with Gasteiger partial charge in [0.2, 0.25) is 0 Å². The lowest BCUT2D eigenvalue weighted by atomic mass is 9.58. The third kappa shape index (κ3) is 5.34. The number of anilines is 2. The molecular weight excluding hydrogens is 796 g/mol. The number of nitrogens with one attached hydrogen (secondary N) is 1. The number of rotatable bonds is 3. The number of nitrogens with zero attached hydrogens (tertiary/aromatic N) is 1. The summed E-state index contributed by atoms with van der Waals surface area (Å²) in [5.74, 6) is 0. The van der Waals surface area contributed by atoms with E-state index in [0.29, 0.717) is 0 Å². The molecule has 0 amide bonds. The van der Waals surface area contributed by atoms with Crippen molar-refractivity contribution in [1.29, 1.82) is 0 Å². The monoisotopic (exact) mass is 844 g/mol. The number of benzene rings is 8. The summed E-state index contributed by atoms with van der Waals surface area (Å²) in [5.41, 5.74) is 21.0. The summed E-state index contributed by atoms with van der Waals surface area (Å²) in [6.07, 6.45) is 0. The first-order chi connectivity index (χ1) is 30.7. The van der Waals surface area contributed by atoms with E-state index in [0.717, 1.165) is 46.2 Å². The molecule has 5 heteroatoms. The Balaban J connectivity index is 1.10. The van der Waals surface area contributed by atoms with E-state index in [1.165, 1.54) is 97.5 Å². The number of aromatic nitrogens is 1. The van der Waals surface area contributed by atoms with Gasteiger partial charge in [-0.2, -0.15) is 0 Å². The summed E-state index contributed by atoms with van der Waals surface area (Å²) in [6.45, 7) is 18.4. The summed E-state index contributed by atoms with van der Waals surface area (Å²) in [7, 11) is 0.822. The zero-order valence-electron chi connectivity index (χ0n) is 37.7. The van der Waals surface area contributed by atoms with E-state index >= 15 is 0 Å². The van der Waals surface area contributed by atoms with Crippen LogP contribution in [0.25, 0.3) is 91.9 Å². The van der Waals surface area contributed by atoms with Crippen molar-refractivity contribution in [1.82, 2.24) is 4.57 Å². The highest BCUT2D eigenvalue weighted by Crippen LogP contribution is 2.50. The molecule has 1 N–H and O–H groups in total. The van der Waals surface area contributed by atoms with Gasteiger partial charge in [-0.15, -0.1) is 11.3 Å². The smallest absolute Gasteiger partial charge is 0.198 e. The molecule has 0 unspecified atom stereocenters. The quantitative estimate of drug-likeness (QED) is 0.180. The van der Waals surface area contributed by atoms with Crippen molar-refractivity contribution < 1.29 is 4.42 Å². The van der Waals surface area contributed by atoms with Crippen molar-refractivity contribution in [2.45, 2.75) is 71.6 Å². The topological polar surface area (TPSA) is 30.1 Å². The minimum absolute atomic E-state index is 0.0113. The van der Waals surface area contributed by atoms with Crippen LogP contribution in [-0.4, -0.2) is 11.8 Å². The van der Waals surface area contributed by atoms with Gasteiger partial charge in [0.15, 0.2) is 7.28 Å². The highest BCUT2D eigenvalue weighted by molar-refractivity contribution is 7.25. The fourth-order valence-electron chi connectivity index (χ4n) is 11.2. The van der Waals surface area contributed by atoms with E-state index in [2.05, 4.69) is 205 Å². The molecule has 3 aromatic heterocycles. The number of hydrogen-bond acceptors (Lipinski definition) is 3. The molecule has 1 aliphatic heterocycles. The van der Waals surface area contributed by atoms with E-state index in [1.807, 2.05) is 11.3 Å². The van der Waals surface area contributed by atoms with Crippen LogP contribution >= 0.6 is 11.3 Å². The second-order valence-electron chi connectivity index (χ2n) is 21.1. The highest BCUT2D eigenvalue weighted by atomic mass is 32.1. The van der Waals surface area contributed by atoms with Gasteiger partial charge in [0.05, 0.1) is 5.52 Å². The molecule has 8 aromatic carbocycles. The predicted molar refractivity (Wildman–Crippen MR) is 277 cm³/mol. The van der Waals surface area contributed by atoms with Gasteiger partial charge in [0.1, 0.15) is 11.2 Å². The molecular formula is C59H49BN2OS. The van der Waals surface area contributed by atoms with Crippen molar-refractivity contribution >= 4 is 105 Å². The fraction of sp³-hybridized carbons (Fsp3) is 0.186. The van der Waals surface area contributed by atoms with Crippen LogP contribution in [0.3, 0.4) is 0 Å². The van der Waals surface area contributed by atoms with E-state index in [9.17, 15) is 0 Å². The Morgan fingerprint density at radius 2 is 1.28 bits per heavy atom. The SMILES string of the molecule is CC(C)(C)c1ccc(Nc2cc3c(cc2-c2ccc4c5cc6sc7ccccc7c6cc5n5c4c2Bc2cc4c(cc2-5)-c2ccccc2C4(C)C)oc2cc(C(C)(C)C)ccc23)cc1. The number of fused-ring (bicyclic) bond motifs is 14. The Labute approximate surface area is 378 Å². The zero-order chi connectivity index (χ0) is 43.6. The van der Waals surface area contributed by atoms with Crippen LogP contribution in [0.15, 0.2) is 144 Å². The van der Waals surface area contributed by atoms with Gasteiger partial charge < -0.3 is 14.3 Å². The average molecular weight is 845 g/mol. The second-order valence-corrected chi connectivity index (χ2v) is 22.2. The lowest BCUT2D eigenvalue weighted by molar-refractivity contribution is 0.587. The van der Waals surface area contributed by atoms with E-state index in [4.69, 9.17) is 4.42 Å². The van der Waals surface area contributed by atoms with Crippen molar-refractivity contribution in [3.05, 3.63) is 162 Å². The third-order valence-corrected chi connectivity index (χ3v) is 15.9. The molecule has 4 heterocycles. The molecule has 0 fully saturated rings. The Morgan fingerprint density at radius 3 is 2.09 bits per heavy atom. The molecule has 2 aliphatic rings. The molecule has 0 spiro atoms. The molecule has 3 nitrogen and oxygen atoms in total. The van der Waals surface area contributed by atoms with E-state index in [1.54, 1.807) is 0 Å². The first-order valence-corrected chi connectivity index (χ1v) is 23.6. The first kappa shape index (κ1) is 38.0. The molecule has 0 saturated heterocycles. The van der Waals surface area contributed by atoms with E-state index < -0.39 is 0 Å². The first-order valence-electron chi connectivity index (χ1n) is 22.8. The minimum Gasteiger partial charge on any atom is -0.456 e. The second kappa shape index (κ2) is 12.8. The van der Waals surface area contributed by atoms with Gasteiger partial charge in [-0.3, -0.25) is 0 Å².